The molecule has 0 radical (unpaired) electrons. The summed E-state index contributed by atoms with van der Waals surface area (Å²) < 4.78 is 62.6. The lowest BCUT2D eigenvalue weighted by molar-refractivity contribution is -0.117. The summed E-state index contributed by atoms with van der Waals surface area (Å²) in [4.78, 5) is 14.8. The van der Waals surface area contributed by atoms with Gasteiger partial charge in [0, 0.05) is 32.4 Å². The van der Waals surface area contributed by atoms with Crippen molar-refractivity contribution in [3.05, 3.63) is 42.0 Å². The molecule has 2 aromatic rings. The van der Waals surface area contributed by atoms with Crippen LogP contribution < -0.4 is 18.7 Å². The van der Waals surface area contributed by atoms with Crippen molar-refractivity contribution in [3.63, 3.8) is 0 Å². The van der Waals surface area contributed by atoms with Gasteiger partial charge in [0.15, 0.2) is 0 Å². The fourth-order valence-corrected chi connectivity index (χ4v) is 5.39. The molecule has 2 aromatic carbocycles. The van der Waals surface area contributed by atoms with E-state index in [2.05, 4.69) is 0 Å². The van der Waals surface area contributed by atoms with Gasteiger partial charge in [0.2, 0.25) is 26.0 Å². The van der Waals surface area contributed by atoms with Crippen molar-refractivity contribution in [2.24, 2.45) is 0 Å². The van der Waals surface area contributed by atoms with Crippen LogP contribution in [0, 0.1) is 0 Å². The molecule has 0 atom stereocenters. The highest BCUT2D eigenvalue weighted by atomic mass is 32.2. The van der Waals surface area contributed by atoms with Crippen molar-refractivity contribution >= 4 is 37.3 Å². The molecule has 1 aliphatic rings. The Balaban J connectivity index is 1.92. The number of rotatable bonds is 8. The minimum atomic E-state index is -3.83. The van der Waals surface area contributed by atoms with Gasteiger partial charge in [-0.15, -0.1) is 0 Å². The molecule has 12 heteroatoms. The lowest BCUT2D eigenvalue weighted by Gasteiger charge is -2.26. The summed E-state index contributed by atoms with van der Waals surface area (Å²) in [6.07, 6.45) is 1.48. The lowest BCUT2D eigenvalue weighted by Crippen LogP contribution is -2.42. The van der Waals surface area contributed by atoms with Crippen molar-refractivity contribution < 1.29 is 31.1 Å². The minimum Gasteiger partial charge on any atom is -0.497 e. The topological polar surface area (TPSA) is 114 Å². The molecule has 0 unspecified atom stereocenters. The van der Waals surface area contributed by atoms with E-state index in [9.17, 15) is 21.6 Å². The van der Waals surface area contributed by atoms with E-state index in [1.807, 2.05) is 0 Å². The second-order valence-corrected chi connectivity index (χ2v) is 11.7. The molecule has 1 aliphatic heterocycles. The molecule has 33 heavy (non-hydrogen) atoms. The number of carbonyl (C=O) groups is 1. The number of benzene rings is 2. The number of anilines is 2. The number of ether oxygens (including phenoxy) is 2. The Bertz CT molecular complexity index is 1270. The van der Waals surface area contributed by atoms with Crippen LogP contribution in [-0.4, -0.2) is 74.7 Å². The van der Waals surface area contributed by atoms with E-state index in [-0.39, 0.29) is 16.3 Å². The summed E-state index contributed by atoms with van der Waals surface area (Å²) in [7, 11) is -1.66. The maximum Gasteiger partial charge on any atom is 0.247 e. The third-order valence-electron chi connectivity index (χ3n) is 5.36. The van der Waals surface area contributed by atoms with Gasteiger partial charge in [-0.2, -0.15) is 0 Å². The number of amides is 1. The molecule has 180 valence electrons. The van der Waals surface area contributed by atoms with Gasteiger partial charge < -0.3 is 14.4 Å². The van der Waals surface area contributed by atoms with E-state index in [0.29, 0.717) is 30.0 Å². The third kappa shape index (κ3) is 4.92. The highest BCUT2D eigenvalue weighted by Crippen LogP contribution is 2.35. The Morgan fingerprint density at radius 2 is 1.73 bits per heavy atom. The first-order valence-corrected chi connectivity index (χ1v) is 13.2. The highest BCUT2D eigenvalue weighted by molar-refractivity contribution is 7.92. The monoisotopic (exact) mass is 497 g/mol. The number of hydrogen-bond donors (Lipinski definition) is 0. The zero-order valence-corrected chi connectivity index (χ0v) is 20.7. The molecular weight excluding hydrogens is 470 g/mol. The van der Waals surface area contributed by atoms with E-state index in [4.69, 9.17) is 9.47 Å². The van der Waals surface area contributed by atoms with Crippen LogP contribution in [0.3, 0.4) is 0 Å². The average molecular weight is 498 g/mol. The molecule has 0 N–H and O–H groups in total. The fourth-order valence-electron chi connectivity index (χ4n) is 3.59. The maximum atomic E-state index is 13.2. The van der Waals surface area contributed by atoms with Gasteiger partial charge in [-0.1, -0.05) is 0 Å². The molecule has 10 nitrogen and oxygen atoms in total. The van der Waals surface area contributed by atoms with Crippen LogP contribution in [-0.2, 0) is 31.3 Å². The standard InChI is InChI=1S/C21H27N3O7S2/c1-22(2)33(28,29)17-7-9-18-15(12-17)10-11-23(18)21(25)14-24(32(5,26)27)19-8-6-16(30-3)13-20(19)31-4/h6-9,12-13H,10-11,14H2,1-5H3. The van der Waals surface area contributed by atoms with Crippen LogP contribution in [0.2, 0.25) is 0 Å². The summed E-state index contributed by atoms with van der Waals surface area (Å²) in [6, 6.07) is 9.21. The number of carbonyl (C=O) groups excluding carboxylic acids is 1. The molecular formula is C21H27N3O7S2. The quantitative estimate of drug-likeness (QED) is 0.540. The summed E-state index contributed by atoms with van der Waals surface area (Å²) in [6.45, 7) is -0.129. The molecule has 0 aliphatic carbocycles. The first kappa shape index (κ1) is 24.8. The summed E-state index contributed by atoms with van der Waals surface area (Å²) in [5.74, 6) is 0.278. The molecule has 0 saturated carbocycles. The van der Waals surface area contributed by atoms with Crippen LogP contribution >= 0.6 is 0 Å². The van der Waals surface area contributed by atoms with Crippen LogP contribution in [0.5, 0.6) is 11.5 Å². The van der Waals surface area contributed by atoms with Gasteiger partial charge in [0.1, 0.15) is 18.0 Å². The Labute approximate surface area is 194 Å². The Kier molecular flexibility index (Phi) is 6.91. The van der Waals surface area contributed by atoms with Crippen LogP contribution in [0.25, 0.3) is 0 Å². The summed E-state index contributed by atoms with van der Waals surface area (Å²) in [5, 5.41) is 0. The zero-order valence-electron chi connectivity index (χ0n) is 19.1. The Hall–Kier alpha value is -2.83. The highest BCUT2D eigenvalue weighted by Gasteiger charge is 2.31. The summed E-state index contributed by atoms with van der Waals surface area (Å²) in [5.41, 5.74) is 1.48. The van der Waals surface area contributed by atoms with Crippen molar-refractivity contribution in [1.82, 2.24) is 4.31 Å². The number of fused-ring (bicyclic) bond motifs is 1. The minimum absolute atomic E-state index is 0.140. The van der Waals surface area contributed by atoms with Gasteiger partial charge >= 0.3 is 0 Å². The van der Waals surface area contributed by atoms with E-state index in [0.717, 1.165) is 14.9 Å². The second kappa shape index (κ2) is 9.20. The summed E-state index contributed by atoms with van der Waals surface area (Å²) >= 11 is 0. The fraction of sp³-hybridized carbons (Fsp3) is 0.381. The smallest absolute Gasteiger partial charge is 0.247 e. The molecule has 0 bridgehead atoms. The third-order valence-corrected chi connectivity index (χ3v) is 8.30. The SMILES string of the molecule is COc1ccc(N(CC(=O)N2CCc3cc(S(=O)(=O)N(C)C)ccc32)S(C)(=O)=O)c(OC)c1. The van der Waals surface area contributed by atoms with E-state index >= 15 is 0 Å². The second-order valence-electron chi connectivity index (χ2n) is 7.68. The zero-order chi connectivity index (χ0) is 24.6. The maximum absolute atomic E-state index is 13.2. The van der Waals surface area contributed by atoms with Gasteiger partial charge in [0.05, 0.1) is 31.1 Å². The van der Waals surface area contributed by atoms with E-state index < -0.39 is 32.5 Å². The number of methoxy groups -OCH3 is 2. The molecule has 0 fully saturated rings. The van der Waals surface area contributed by atoms with Crippen molar-refractivity contribution in [2.75, 3.05) is 56.9 Å². The predicted molar refractivity (Wildman–Crippen MR) is 125 cm³/mol. The number of nitrogens with zero attached hydrogens (tertiary/aromatic N) is 3. The average Bonchev–Trinajstić information content (AvgIpc) is 3.19. The van der Waals surface area contributed by atoms with E-state index in [1.54, 1.807) is 18.2 Å². The van der Waals surface area contributed by atoms with Gasteiger partial charge in [-0.25, -0.2) is 21.1 Å². The molecule has 0 saturated heterocycles. The largest absolute Gasteiger partial charge is 0.497 e. The number of hydrogen-bond acceptors (Lipinski definition) is 7. The molecule has 1 heterocycles. The van der Waals surface area contributed by atoms with Crippen molar-refractivity contribution in [1.29, 1.82) is 0 Å². The van der Waals surface area contributed by atoms with Crippen LogP contribution in [0.15, 0.2) is 41.3 Å². The van der Waals surface area contributed by atoms with Crippen molar-refractivity contribution in [2.45, 2.75) is 11.3 Å². The Morgan fingerprint density at radius 3 is 2.30 bits per heavy atom. The van der Waals surface area contributed by atoms with Crippen LogP contribution in [0.4, 0.5) is 11.4 Å². The van der Waals surface area contributed by atoms with E-state index in [1.165, 1.54) is 51.4 Å². The van der Waals surface area contributed by atoms with Gasteiger partial charge in [0.25, 0.3) is 0 Å². The molecule has 0 aromatic heterocycles. The molecule has 0 spiro atoms. The van der Waals surface area contributed by atoms with Gasteiger partial charge in [-0.3, -0.25) is 9.10 Å². The molecule has 3 rings (SSSR count). The van der Waals surface area contributed by atoms with Gasteiger partial charge in [-0.05, 0) is 42.3 Å². The predicted octanol–water partition coefficient (Wildman–Crippen LogP) is 1.31. The van der Waals surface area contributed by atoms with Crippen LogP contribution in [0.1, 0.15) is 5.56 Å². The number of sulfonamides is 2. The Morgan fingerprint density at radius 1 is 1.03 bits per heavy atom. The van der Waals surface area contributed by atoms with Crippen molar-refractivity contribution in [3.8, 4) is 11.5 Å². The first-order chi connectivity index (χ1) is 15.4. The first-order valence-electron chi connectivity index (χ1n) is 9.95. The normalized spacial score (nSPS) is 13.7. The lowest BCUT2D eigenvalue weighted by atomic mass is 10.2. The molecule has 1 amide bonds.